The van der Waals surface area contributed by atoms with Gasteiger partial charge in [-0.1, -0.05) is 65.8 Å². The molecule has 0 aromatic carbocycles. The van der Waals surface area contributed by atoms with E-state index >= 15 is 0 Å². The molecular weight excluding hydrogens is 1260 g/mol. The number of carbonyl (C=O) groups excluding carboxylic acids is 12. The number of hydrogen-bond donors (Lipinski definition) is 0. The Hall–Kier alpha value is -8.94. The molecule has 94 heavy (non-hydrogen) atoms. The highest BCUT2D eigenvalue weighted by Crippen LogP contribution is 2.29. The Kier molecular flexibility index (Phi) is 42.5. The molecule has 0 bridgehead atoms. The molecule has 0 aromatic heterocycles. The molecule has 0 aliphatic rings. The van der Waals surface area contributed by atoms with Crippen molar-refractivity contribution in [3.05, 3.63) is 127 Å². The summed E-state index contributed by atoms with van der Waals surface area (Å²) in [6, 6.07) is 0.474. The SMILES string of the molecule is C=CC(=O)OCC(COCC(COC(=O)C=C)(COC(=O)C=C)COC(=O)CCN(CCC[Si](C)(OCC)OCC)CCC(=O)OCC(COCC(COC(=O)C=C)(COC(=O)C=C)COC(=O)C=C)(COC(=O)C=C)COC(=O)C=C)(COC(=O)C=C)COC(=O)C=C. The third-order valence-electron chi connectivity index (χ3n) is 12.9. The van der Waals surface area contributed by atoms with Crippen molar-refractivity contribution >= 4 is 80.2 Å². The predicted octanol–water partition coefficient (Wildman–Crippen LogP) is 3.96. The van der Waals surface area contributed by atoms with Crippen LogP contribution in [0.15, 0.2) is 127 Å². The first-order valence-electron chi connectivity index (χ1n) is 29.1. The maximum absolute atomic E-state index is 13.9. The van der Waals surface area contributed by atoms with Gasteiger partial charge in [0.05, 0.1) is 60.9 Å². The summed E-state index contributed by atoms with van der Waals surface area (Å²) in [5.41, 5.74) is -6.82. The highest BCUT2D eigenvalue weighted by Gasteiger charge is 2.43. The molecular formula is C64H89NO28Si. The van der Waals surface area contributed by atoms with Crippen LogP contribution in [0.3, 0.4) is 0 Å². The topological polar surface area (TPSA) is 356 Å². The Bertz CT molecular complexity index is 2310. The number of ether oxygens (including phenoxy) is 14. The largest absolute Gasteiger partial charge is 0.465 e. The van der Waals surface area contributed by atoms with Crippen LogP contribution >= 0.6 is 0 Å². The van der Waals surface area contributed by atoms with Crippen LogP contribution < -0.4 is 0 Å². The van der Waals surface area contributed by atoms with E-state index in [2.05, 4.69) is 65.8 Å². The van der Waals surface area contributed by atoms with Crippen LogP contribution in [0, 0.1) is 21.7 Å². The predicted molar refractivity (Wildman–Crippen MR) is 335 cm³/mol. The van der Waals surface area contributed by atoms with E-state index < -0.39 is 208 Å². The third kappa shape index (κ3) is 36.3. The molecule has 0 spiro atoms. The molecule has 0 aliphatic carbocycles. The highest BCUT2D eigenvalue weighted by molar-refractivity contribution is 6.66. The van der Waals surface area contributed by atoms with Gasteiger partial charge in [-0.15, -0.1) is 0 Å². The molecule has 29 nitrogen and oxygen atoms in total. The molecule has 0 fully saturated rings. The second-order valence-electron chi connectivity index (χ2n) is 20.9. The van der Waals surface area contributed by atoms with E-state index in [-0.39, 0.29) is 32.5 Å². The van der Waals surface area contributed by atoms with Gasteiger partial charge in [-0.25, -0.2) is 47.9 Å². The summed E-state index contributed by atoms with van der Waals surface area (Å²) < 4.78 is 89.2. The summed E-state index contributed by atoms with van der Waals surface area (Å²) in [4.78, 5) is 154. The standard InChI is InChI=1S/C64H89NO28Si/c1-14-49(66)80-37-61(38-81-50(67)15-2,39-82-51(68)16-3)33-78-35-63(43-86-55(72)20-7,44-87-56(73)21-8)47-90-59(76)27-30-65(29-26-32-94(13,92-24-11)93-25-12)31-28-60(77)91-48-64(45-88-57(74)22-9,46-89-58(75)23-10)36-79-34-62(40-83-52(69)17-4,41-84-53(70)18-5)42-85-54(71)19-6/h14-23H,1-10,24-48H2,11-13H3. The van der Waals surface area contributed by atoms with Gasteiger partial charge in [-0.05, 0) is 39.4 Å². The van der Waals surface area contributed by atoms with E-state index in [4.69, 9.17) is 75.2 Å². The van der Waals surface area contributed by atoms with E-state index in [0.717, 1.165) is 60.8 Å². The minimum atomic E-state index is -2.72. The van der Waals surface area contributed by atoms with Crippen LogP contribution in [-0.4, -0.2) is 224 Å². The molecule has 0 heterocycles. The van der Waals surface area contributed by atoms with Gasteiger partial charge < -0.3 is 80.1 Å². The Morgan fingerprint density at radius 2 is 0.500 bits per heavy atom. The van der Waals surface area contributed by atoms with Crippen LogP contribution in [0.4, 0.5) is 0 Å². The van der Waals surface area contributed by atoms with Crippen molar-refractivity contribution in [2.45, 2.75) is 45.7 Å². The van der Waals surface area contributed by atoms with Crippen molar-refractivity contribution in [3.63, 3.8) is 0 Å². The van der Waals surface area contributed by atoms with Gasteiger partial charge in [0.1, 0.15) is 79.3 Å². The fraction of sp³-hybridized carbons (Fsp3) is 0.500. The molecule has 0 saturated carbocycles. The lowest BCUT2D eigenvalue weighted by atomic mass is 9.90. The van der Waals surface area contributed by atoms with E-state index in [1.165, 1.54) is 0 Å². The third-order valence-corrected chi connectivity index (χ3v) is 15.9. The molecule has 522 valence electrons. The Balaban J connectivity index is 7.37. The minimum Gasteiger partial charge on any atom is -0.465 e. The van der Waals surface area contributed by atoms with E-state index in [1.54, 1.807) is 4.90 Å². The second kappa shape index (κ2) is 47.0. The maximum atomic E-state index is 13.9. The summed E-state index contributed by atoms with van der Waals surface area (Å²) in [5, 5.41) is 0. The van der Waals surface area contributed by atoms with E-state index in [1.807, 2.05) is 20.4 Å². The van der Waals surface area contributed by atoms with Crippen LogP contribution in [0.25, 0.3) is 0 Å². The van der Waals surface area contributed by atoms with Gasteiger partial charge >= 0.3 is 80.2 Å². The number of carbonyl (C=O) groups is 12. The molecule has 0 radical (unpaired) electrons. The van der Waals surface area contributed by atoms with Gasteiger partial charge in [0, 0.05) is 87.1 Å². The van der Waals surface area contributed by atoms with Gasteiger partial charge in [0.15, 0.2) is 0 Å². The molecule has 0 unspecified atom stereocenters. The van der Waals surface area contributed by atoms with Crippen LogP contribution in [-0.2, 0) is 133 Å². The summed E-state index contributed by atoms with van der Waals surface area (Å²) in [6.07, 6.45) is 8.12. The van der Waals surface area contributed by atoms with Gasteiger partial charge in [0.2, 0.25) is 0 Å². The monoisotopic (exact) mass is 1350 g/mol. The second-order valence-corrected chi connectivity index (χ2v) is 24.2. The van der Waals surface area contributed by atoms with Gasteiger partial charge in [0.25, 0.3) is 0 Å². The average molecular weight is 1350 g/mol. The smallest absolute Gasteiger partial charge is 0.334 e. The number of nitrogens with zero attached hydrogens (tertiary/aromatic N) is 1. The fourth-order valence-corrected chi connectivity index (χ4v) is 10.1. The zero-order valence-electron chi connectivity index (χ0n) is 53.9. The molecule has 30 heteroatoms. The fourth-order valence-electron chi connectivity index (χ4n) is 7.67. The summed E-state index contributed by atoms with van der Waals surface area (Å²) in [5.74, 6) is -11.0. The van der Waals surface area contributed by atoms with Crippen LogP contribution in [0.1, 0.15) is 33.1 Å². The van der Waals surface area contributed by atoms with Crippen LogP contribution in [0.2, 0.25) is 12.6 Å². The number of hydrogen-bond acceptors (Lipinski definition) is 29. The summed E-state index contributed by atoms with van der Waals surface area (Å²) in [6.45, 7) is 30.2. The lowest BCUT2D eigenvalue weighted by Crippen LogP contribution is -2.47. The molecule has 0 aromatic rings. The Morgan fingerprint density at radius 1 is 0.309 bits per heavy atom. The van der Waals surface area contributed by atoms with Crippen molar-refractivity contribution in [3.8, 4) is 0 Å². The first kappa shape index (κ1) is 85.1. The van der Waals surface area contributed by atoms with Crippen molar-refractivity contribution in [2.75, 3.05) is 139 Å². The van der Waals surface area contributed by atoms with E-state index in [0.29, 0.717) is 25.7 Å². The first-order valence-corrected chi connectivity index (χ1v) is 31.6. The van der Waals surface area contributed by atoms with Gasteiger partial charge in [-0.2, -0.15) is 0 Å². The van der Waals surface area contributed by atoms with Crippen molar-refractivity contribution in [1.29, 1.82) is 0 Å². The Morgan fingerprint density at radius 3 is 0.681 bits per heavy atom. The molecule has 0 amide bonds. The van der Waals surface area contributed by atoms with E-state index in [9.17, 15) is 57.5 Å². The molecule has 0 rings (SSSR count). The molecule has 0 aliphatic heterocycles. The van der Waals surface area contributed by atoms with Crippen molar-refractivity contribution in [1.82, 2.24) is 4.90 Å². The van der Waals surface area contributed by atoms with Crippen LogP contribution in [0.5, 0.6) is 0 Å². The zero-order chi connectivity index (χ0) is 71.1. The van der Waals surface area contributed by atoms with Crippen molar-refractivity contribution in [2.24, 2.45) is 21.7 Å². The molecule has 0 atom stereocenters. The lowest BCUT2D eigenvalue weighted by molar-refractivity contribution is -0.174. The first-order chi connectivity index (χ1) is 44.7. The average Bonchev–Trinajstić information content (AvgIpc) is 0.898. The number of esters is 12. The number of rotatable bonds is 56. The Labute approximate surface area is 548 Å². The quantitative estimate of drug-likeness (QED) is 0.0360. The minimum absolute atomic E-state index is 0.0757. The van der Waals surface area contributed by atoms with Gasteiger partial charge in [-0.3, -0.25) is 9.59 Å². The molecule has 0 saturated heterocycles. The maximum Gasteiger partial charge on any atom is 0.334 e. The highest BCUT2D eigenvalue weighted by atomic mass is 28.4. The summed E-state index contributed by atoms with van der Waals surface area (Å²) >= 11 is 0. The normalized spacial score (nSPS) is 11.3. The lowest BCUT2D eigenvalue weighted by Gasteiger charge is -2.35. The summed E-state index contributed by atoms with van der Waals surface area (Å²) in [7, 11) is -2.72. The molecule has 0 N–H and O–H groups in total. The zero-order valence-corrected chi connectivity index (χ0v) is 54.9. The van der Waals surface area contributed by atoms with Crippen molar-refractivity contribution < 1.29 is 133 Å².